The molecule has 0 aliphatic carbocycles. The first kappa shape index (κ1) is 15.2. The molecular weight excluding hydrogens is 278 g/mol. The molecule has 0 spiro atoms. The summed E-state index contributed by atoms with van der Waals surface area (Å²) in [5, 5.41) is 9.41. The minimum atomic E-state index is -3.75. The predicted octanol–water partition coefficient (Wildman–Crippen LogP) is 1.40. The van der Waals surface area contributed by atoms with E-state index in [9.17, 15) is 8.42 Å². The van der Waals surface area contributed by atoms with Gasteiger partial charge in [-0.25, -0.2) is 13.1 Å². The summed E-state index contributed by atoms with van der Waals surface area (Å²) in [5.74, 6) is 0.236. The molecule has 7 heteroatoms. The highest BCUT2D eigenvalue weighted by Crippen LogP contribution is 2.27. The van der Waals surface area contributed by atoms with Gasteiger partial charge < -0.3 is 9.84 Å². The quantitative estimate of drug-likeness (QED) is 0.831. The third kappa shape index (κ3) is 4.13. The van der Waals surface area contributed by atoms with E-state index in [0.29, 0.717) is 11.6 Å². The van der Waals surface area contributed by atoms with E-state index in [0.717, 1.165) is 0 Å². The molecule has 0 saturated heterocycles. The Morgan fingerprint density at radius 3 is 2.72 bits per heavy atom. The first-order valence-electron chi connectivity index (χ1n) is 5.47. The minimum absolute atomic E-state index is 0.0301. The van der Waals surface area contributed by atoms with Gasteiger partial charge in [0.2, 0.25) is 10.0 Å². The van der Waals surface area contributed by atoms with Gasteiger partial charge in [-0.1, -0.05) is 11.6 Å². The zero-order valence-electron chi connectivity index (χ0n) is 10.2. The third-order valence-corrected chi connectivity index (χ3v) is 3.74. The largest absolute Gasteiger partial charge is 0.492 e. The molecule has 102 valence electrons. The second-order valence-electron chi connectivity index (χ2n) is 3.72. The van der Waals surface area contributed by atoms with E-state index in [2.05, 4.69) is 4.72 Å². The molecule has 0 bridgehead atoms. The lowest BCUT2D eigenvalue weighted by molar-refractivity contribution is 0.198. The number of aliphatic hydroxyl groups excluding tert-OH is 1. The molecule has 0 aromatic heterocycles. The Bertz CT molecular complexity index is 502. The van der Waals surface area contributed by atoms with Gasteiger partial charge >= 0.3 is 0 Å². The molecule has 5 nitrogen and oxygen atoms in total. The van der Waals surface area contributed by atoms with Gasteiger partial charge in [-0.2, -0.15) is 0 Å². The lowest BCUT2D eigenvalue weighted by atomic mass is 10.3. The first-order valence-corrected chi connectivity index (χ1v) is 7.33. The Balaban J connectivity index is 3.09. The van der Waals surface area contributed by atoms with Crippen molar-refractivity contribution in [3.05, 3.63) is 23.2 Å². The number of aliphatic hydroxyl groups is 1. The number of hydrogen-bond acceptors (Lipinski definition) is 4. The highest BCUT2D eigenvalue weighted by molar-refractivity contribution is 7.89. The van der Waals surface area contributed by atoms with Crippen LogP contribution in [0.2, 0.25) is 5.02 Å². The van der Waals surface area contributed by atoms with E-state index in [-0.39, 0.29) is 17.2 Å². The van der Waals surface area contributed by atoms with E-state index in [1.165, 1.54) is 19.1 Å². The lowest BCUT2D eigenvalue weighted by Crippen LogP contribution is -2.31. The maximum atomic E-state index is 12.0. The molecule has 0 amide bonds. The summed E-state index contributed by atoms with van der Waals surface area (Å²) in [6.45, 7) is 3.53. The zero-order valence-corrected chi connectivity index (χ0v) is 11.8. The molecular formula is C11H16ClNO4S. The first-order chi connectivity index (χ1) is 8.36. The highest BCUT2D eigenvalue weighted by Gasteiger charge is 2.20. The predicted molar refractivity (Wildman–Crippen MR) is 69.5 cm³/mol. The van der Waals surface area contributed by atoms with Gasteiger partial charge in [-0.05, 0) is 32.0 Å². The molecule has 0 aliphatic heterocycles. The Kier molecular flexibility index (Phi) is 5.40. The van der Waals surface area contributed by atoms with Crippen LogP contribution >= 0.6 is 11.6 Å². The van der Waals surface area contributed by atoms with Crippen LogP contribution in [0.1, 0.15) is 13.8 Å². The number of benzene rings is 1. The van der Waals surface area contributed by atoms with Gasteiger partial charge in [0.25, 0.3) is 0 Å². The highest BCUT2D eigenvalue weighted by atomic mass is 35.5. The molecule has 0 radical (unpaired) electrons. The Labute approximate surface area is 112 Å². The zero-order chi connectivity index (χ0) is 13.8. The normalized spacial score (nSPS) is 13.3. The SMILES string of the molecule is CCOc1ccc(Cl)cc1S(=O)(=O)NC[C@H](C)O. The van der Waals surface area contributed by atoms with E-state index in [4.69, 9.17) is 21.4 Å². The molecule has 0 saturated carbocycles. The van der Waals surface area contributed by atoms with Crippen molar-refractivity contribution < 1.29 is 18.3 Å². The smallest absolute Gasteiger partial charge is 0.244 e. The molecule has 0 heterocycles. The van der Waals surface area contributed by atoms with Gasteiger partial charge in [0.1, 0.15) is 10.6 Å². The molecule has 1 aromatic rings. The fraction of sp³-hybridized carbons (Fsp3) is 0.455. The fourth-order valence-corrected chi connectivity index (χ4v) is 2.80. The van der Waals surface area contributed by atoms with Crippen LogP contribution in [0.15, 0.2) is 23.1 Å². The monoisotopic (exact) mass is 293 g/mol. The topological polar surface area (TPSA) is 75.6 Å². The second-order valence-corrected chi connectivity index (χ2v) is 5.90. The number of sulfonamides is 1. The molecule has 0 aliphatic rings. The second kappa shape index (κ2) is 6.38. The van der Waals surface area contributed by atoms with Crippen LogP contribution in [-0.2, 0) is 10.0 Å². The van der Waals surface area contributed by atoms with Crippen molar-refractivity contribution >= 4 is 21.6 Å². The molecule has 0 fully saturated rings. The molecule has 18 heavy (non-hydrogen) atoms. The van der Waals surface area contributed by atoms with Crippen LogP contribution in [-0.4, -0.2) is 32.8 Å². The summed E-state index contributed by atoms with van der Waals surface area (Å²) in [6.07, 6.45) is -0.769. The Hall–Kier alpha value is -0.820. The van der Waals surface area contributed by atoms with Crippen molar-refractivity contribution in [1.82, 2.24) is 4.72 Å². The maximum Gasteiger partial charge on any atom is 0.244 e. The van der Waals surface area contributed by atoms with E-state index in [1.807, 2.05) is 0 Å². The summed E-state index contributed by atoms with van der Waals surface area (Å²) in [5.41, 5.74) is 0. The summed E-state index contributed by atoms with van der Waals surface area (Å²) >= 11 is 5.79. The molecule has 2 N–H and O–H groups in total. The minimum Gasteiger partial charge on any atom is -0.492 e. The lowest BCUT2D eigenvalue weighted by Gasteiger charge is -2.13. The molecule has 1 atom stereocenters. The van der Waals surface area contributed by atoms with Crippen molar-refractivity contribution in [2.24, 2.45) is 0 Å². The number of hydrogen-bond donors (Lipinski definition) is 2. The van der Waals surface area contributed by atoms with Crippen LogP contribution in [0, 0.1) is 0 Å². The van der Waals surface area contributed by atoms with Gasteiger partial charge in [0, 0.05) is 11.6 Å². The number of ether oxygens (including phenoxy) is 1. The van der Waals surface area contributed by atoms with E-state index >= 15 is 0 Å². The van der Waals surface area contributed by atoms with Crippen molar-refractivity contribution in [3.63, 3.8) is 0 Å². The van der Waals surface area contributed by atoms with Crippen molar-refractivity contribution in [2.45, 2.75) is 24.8 Å². The average Bonchev–Trinajstić information content (AvgIpc) is 2.29. The summed E-state index contributed by atoms with van der Waals surface area (Å²) in [4.78, 5) is -0.0301. The van der Waals surface area contributed by atoms with Crippen molar-refractivity contribution in [3.8, 4) is 5.75 Å². The van der Waals surface area contributed by atoms with Gasteiger partial charge in [-0.3, -0.25) is 0 Å². The number of nitrogens with one attached hydrogen (secondary N) is 1. The average molecular weight is 294 g/mol. The van der Waals surface area contributed by atoms with Crippen LogP contribution in [0.25, 0.3) is 0 Å². The van der Waals surface area contributed by atoms with Crippen LogP contribution in [0.3, 0.4) is 0 Å². The molecule has 1 aromatic carbocycles. The Morgan fingerprint density at radius 1 is 1.50 bits per heavy atom. The standard InChI is InChI=1S/C11H16ClNO4S/c1-3-17-10-5-4-9(12)6-11(10)18(15,16)13-7-8(2)14/h4-6,8,13-14H,3,7H2,1-2H3/t8-/m0/s1. The van der Waals surface area contributed by atoms with Gasteiger partial charge in [-0.15, -0.1) is 0 Å². The summed E-state index contributed by atoms with van der Waals surface area (Å²) in [6, 6.07) is 4.37. The molecule has 0 unspecified atom stereocenters. The third-order valence-electron chi connectivity index (χ3n) is 2.06. The number of halogens is 1. The van der Waals surface area contributed by atoms with Crippen molar-refractivity contribution in [2.75, 3.05) is 13.2 Å². The van der Waals surface area contributed by atoms with Crippen LogP contribution in [0.4, 0.5) is 0 Å². The summed E-state index contributed by atoms with van der Waals surface area (Å²) < 4.78 is 31.6. The molecule has 1 rings (SSSR count). The maximum absolute atomic E-state index is 12.0. The van der Waals surface area contributed by atoms with E-state index < -0.39 is 16.1 Å². The van der Waals surface area contributed by atoms with Crippen LogP contribution < -0.4 is 9.46 Å². The summed E-state index contributed by atoms with van der Waals surface area (Å²) in [7, 11) is -3.75. The Morgan fingerprint density at radius 2 is 2.17 bits per heavy atom. The van der Waals surface area contributed by atoms with Gasteiger partial charge in [0.15, 0.2) is 0 Å². The van der Waals surface area contributed by atoms with Gasteiger partial charge in [0.05, 0.1) is 12.7 Å². The van der Waals surface area contributed by atoms with E-state index in [1.54, 1.807) is 13.0 Å². The fourth-order valence-electron chi connectivity index (χ4n) is 1.27. The van der Waals surface area contributed by atoms with Crippen molar-refractivity contribution in [1.29, 1.82) is 0 Å². The number of rotatable bonds is 6. The van der Waals surface area contributed by atoms with Crippen LogP contribution in [0.5, 0.6) is 5.75 Å².